The van der Waals surface area contributed by atoms with Crippen LogP contribution in [0.25, 0.3) is 0 Å². The van der Waals surface area contributed by atoms with Gasteiger partial charge in [0.15, 0.2) is 0 Å². The lowest BCUT2D eigenvalue weighted by Crippen LogP contribution is -2.24. The third kappa shape index (κ3) is 3.70. The molecule has 1 amide bonds. The maximum Gasteiger partial charge on any atom is 0.253 e. The van der Waals surface area contributed by atoms with Gasteiger partial charge in [-0.3, -0.25) is 4.79 Å². The average Bonchev–Trinajstić information content (AvgIpc) is 2.46. The number of carbonyl (C=O) groups is 1. The molecule has 110 valence electrons. The number of benzene rings is 2. The van der Waals surface area contributed by atoms with Crippen molar-refractivity contribution in [3.05, 3.63) is 64.2 Å². The molecule has 0 atom stereocenters. The number of anilines is 1. The summed E-state index contributed by atoms with van der Waals surface area (Å²) in [5.41, 5.74) is 1.17. The number of carbonyl (C=O) groups excluding carboxylic acids is 1. The van der Waals surface area contributed by atoms with E-state index >= 15 is 0 Å². The fourth-order valence-electron chi connectivity index (χ4n) is 1.86. The zero-order valence-corrected chi connectivity index (χ0v) is 12.0. The standard InChI is InChI=1S/C15H13ClF2N2O/c1-19-14-5-3-10(16)6-12(14)15(21)20-8-9-2-4-11(17)7-13(9)18/h2-7,19H,8H2,1H3,(H,20,21). The van der Waals surface area contributed by atoms with Crippen molar-refractivity contribution in [1.29, 1.82) is 0 Å². The normalized spacial score (nSPS) is 10.3. The SMILES string of the molecule is CNc1ccc(Cl)cc1C(=O)NCc1ccc(F)cc1F. The molecule has 0 aliphatic carbocycles. The summed E-state index contributed by atoms with van der Waals surface area (Å²) in [5.74, 6) is -1.75. The van der Waals surface area contributed by atoms with E-state index in [0.29, 0.717) is 16.3 Å². The zero-order valence-electron chi connectivity index (χ0n) is 11.2. The van der Waals surface area contributed by atoms with Crippen LogP contribution < -0.4 is 10.6 Å². The molecule has 2 rings (SSSR count). The van der Waals surface area contributed by atoms with Gasteiger partial charge < -0.3 is 10.6 Å². The molecular weight excluding hydrogens is 298 g/mol. The quantitative estimate of drug-likeness (QED) is 0.906. The molecule has 2 aromatic rings. The molecule has 0 bridgehead atoms. The second-order valence-electron chi connectivity index (χ2n) is 4.36. The number of hydrogen-bond donors (Lipinski definition) is 2. The van der Waals surface area contributed by atoms with E-state index in [-0.39, 0.29) is 12.1 Å². The van der Waals surface area contributed by atoms with Crippen LogP contribution in [-0.2, 0) is 6.54 Å². The lowest BCUT2D eigenvalue weighted by molar-refractivity contribution is 0.0951. The van der Waals surface area contributed by atoms with Gasteiger partial charge >= 0.3 is 0 Å². The van der Waals surface area contributed by atoms with Gasteiger partial charge in [0.05, 0.1) is 5.56 Å². The summed E-state index contributed by atoms with van der Waals surface area (Å²) in [7, 11) is 1.68. The number of amides is 1. The first kappa shape index (κ1) is 15.3. The lowest BCUT2D eigenvalue weighted by Gasteiger charge is -2.11. The van der Waals surface area contributed by atoms with Crippen LogP contribution in [0.4, 0.5) is 14.5 Å². The first-order valence-corrected chi connectivity index (χ1v) is 6.58. The summed E-state index contributed by atoms with van der Waals surface area (Å²) in [5, 5.41) is 5.88. The molecule has 0 unspecified atom stereocenters. The van der Waals surface area contributed by atoms with Gasteiger partial charge in [0.1, 0.15) is 11.6 Å². The van der Waals surface area contributed by atoms with Gasteiger partial charge in [-0.2, -0.15) is 0 Å². The van der Waals surface area contributed by atoms with E-state index in [9.17, 15) is 13.6 Å². The smallest absolute Gasteiger partial charge is 0.253 e. The number of hydrogen-bond acceptors (Lipinski definition) is 2. The minimum atomic E-state index is -0.699. The molecule has 0 radical (unpaired) electrons. The summed E-state index contributed by atoms with van der Waals surface area (Å²) in [6, 6.07) is 8.06. The molecule has 2 aromatic carbocycles. The second-order valence-corrected chi connectivity index (χ2v) is 4.79. The molecule has 21 heavy (non-hydrogen) atoms. The molecule has 0 aliphatic rings. The summed E-state index contributed by atoms with van der Waals surface area (Å²) in [6.07, 6.45) is 0. The molecule has 0 aromatic heterocycles. The van der Waals surface area contributed by atoms with E-state index in [1.54, 1.807) is 19.2 Å². The highest BCUT2D eigenvalue weighted by molar-refractivity contribution is 6.31. The van der Waals surface area contributed by atoms with Crippen LogP contribution in [0.3, 0.4) is 0 Å². The van der Waals surface area contributed by atoms with Crippen LogP contribution in [0, 0.1) is 11.6 Å². The second kappa shape index (κ2) is 6.54. The monoisotopic (exact) mass is 310 g/mol. The molecule has 3 nitrogen and oxygen atoms in total. The van der Waals surface area contributed by atoms with E-state index < -0.39 is 17.5 Å². The minimum Gasteiger partial charge on any atom is -0.387 e. The lowest BCUT2D eigenvalue weighted by atomic mass is 10.1. The number of halogens is 3. The minimum absolute atomic E-state index is 0.0411. The Bertz CT molecular complexity index is 677. The van der Waals surface area contributed by atoms with Crippen LogP contribution in [-0.4, -0.2) is 13.0 Å². The molecule has 0 saturated heterocycles. The van der Waals surface area contributed by atoms with Crippen molar-refractivity contribution >= 4 is 23.2 Å². The van der Waals surface area contributed by atoms with Gasteiger partial charge in [0.25, 0.3) is 5.91 Å². The first-order valence-electron chi connectivity index (χ1n) is 6.20. The van der Waals surface area contributed by atoms with Crippen molar-refractivity contribution in [2.24, 2.45) is 0 Å². The predicted octanol–water partition coefficient (Wildman–Crippen LogP) is 3.59. The third-order valence-corrected chi connectivity index (χ3v) is 3.19. The van der Waals surface area contributed by atoms with Gasteiger partial charge in [0, 0.05) is 35.9 Å². The summed E-state index contributed by atoms with van der Waals surface area (Å²) < 4.78 is 26.3. The Hall–Kier alpha value is -2.14. The zero-order chi connectivity index (χ0) is 15.4. The Morgan fingerprint density at radius 2 is 1.95 bits per heavy atom. The maximum atomic E-state index is 13.5. The number of nitrogens with one attached hydrogen (secondary N) is 2. The molecule has 0 fully saturated rings. The Morgan fingerprint density at radius 3 is 2.62 bits per heavy atom. The Kier molecular flexibility index (Phi) is 4.75. The van der Waals surface area contributed by atoms with E-state index in [4.69, 9.17) is 11.6 Å². The number of rotatable bonds is 4. The molecule has 6 heteroatoms. The third-order valence-electron chi connectivity index (χ3n) is 2.95. The fraction of sp³-hybridized carbons (Fsp3) is 0.133. The summed E-state index contributed by atoms with van der Waals surface area (Å²) in [6.45, 7) is -0.0411. The molecule has 0 spiro atoms. The van der Waals surface area contributed by atoms with Crippen LogP contribution in [0.2, 0.25) is 5.02 Å². The van der Waals surface area contributed by atoms with Gasteiger partial charge in [0.2, 0.25) is 0 Å². The summed E-state index contributed by atoms with van der Waals surface area (Å²) in [4.78, 5) is 12.1. The van der Waals surface area contributed by atoms with Crippen LogP contribution >= 0.6 is 11.6 Å². The van der Waals surface area contributed by atoms with E-state index in [2.05, 4.69) is 10.6 Å². The van der Waals surface area contributed by atoms with E-state index in [1.165, 1.54) is 12.1 Å². The fourth-order valence-corrected chi connectivity index (χ4v) is 2.03. The highest BCUT2D eigenvalue weighted by Crippen LogP contribution is 2.20. The van der Waals surface area contributed by atoms with E-state index in [0.717, 1.165) is 12.1 Å². The highest BCUT2D eigenvalue weighted by Gasteiger charge is 2.12. The molecule has 0 saturated carbocycles. The largest absolute Gasteiger partial charge is 0.387 e. The molecule has 0 aliphatic heterocycles. The van der Waals surface area contributed by atoms with Crippen LogP contribution in [0.1, 0.15) is 15.9 Å². The van der Waals surface area contributed by atoms with Crippen molar-refractivity contribution in [3.8, 4) is 0 Å². The van der Waals surface area contributed by atoms with Crippen molar-refractivity contribution < 1.29 is 13.6 Å². The van der Waals surface area contributed by atoms with Crippen molar-refractivity contribution in [1.82, 2.24) is 5.32 Å². The van der Waals surface area contributed by atoms with Crippen molar-refractivity contribution in [2.45, 2.75) is 6.54 Å². The van der Waals surface area contributed by atoms with Gasteiger partial charge in [-0.25, -0.2) is 8.78 Å². The van der Waals surface area contributed by atoms with Crippen molar-refractivity contribution in [3.63, 3.8) is 0 Å². The van der Waals surface area contributed by atoms with Gasteiger partial charge in [-0.1, -0.05) is 17.7 Å². The Labute approximate surface area is 125 Å². The van der Waals surface area contributed by atoms with Gasteiger partial charge in [-0.15, -0.1) is 0 Å². The Balaban J connectivity index is 2.13. The maximum absolute atomic E-state index is 13.5. The Morgan fingerprint density at radius 1 is 1.19 bits per heavy atom. The first-order chi connectivity index (χ1) is 10.0. The molecular formula is C15H13ClF2N2O. The molecule has 2 N–H and O–H groups in total. The van der Waals surface area contributed by atoms with Crippen LogP contribution in [0.15, 0.2) is 36.4 Å². The molecule has 0 heterocycles. The van der Waals surface area contributed by atoms with Crippen molar-refractivity contribution in [2.75, 3.05) is 12.4 Å². The van der Waals surface area contributed by atoms with E-state index in [1.807, 2.05) is 0 Å². The topological polar surface area (TPSA) is 41.1 Å². The summed E-state index contributed by atoms with van der Waals surface area (Å²) >= 11 is 5.87. The van der Waals surface area contributed by atoms with Crippen LogP contribution in [0.5, 0.6) is 0 Å². The predicted molar refractivity (Wildman–Crippen MR) is 78.5 cm³/mol. The highest BCUT2D eigenvalue weighted by atomic mass is 35.5. The van der Waals surface area contributed by atoms with Gasteiger partial charge in [-0.05, 0) is 24.3 Å². The average molecular weight is 311 g/mol.